The van der Waals surface area contributed by atoms with Gasteiger partial charge < -0.3 is 9.80 Å². The Morgan fingerprint density at radius 1 is 0.792 bits per heavy atom. The van der Waals surface area contributed by atoms with Crippen LogP contribution in [0.3, 0.4) is 0 Å². The first-order valence-electron chi connectivity index (χ1n) is 8.34. The van der Waals surface area contributed by atoms with Gasteiger partial charge in [0.05, 0.1) is 0 Å². The van der Waals surface area contributed by atoms with Crippen LogP contribution in [0.15, 0.2) is 60.7 Å². The van der Waals surface area contributed by atoms with E-state index < -0.39 is 0 Å². The zero-order valence-electron chi connectivity index (χ0n) is 15.3. The Morgan fingerprint density at radius 3 is 1.58 bits per heavy atom. The van der Waals surface area contributed by atoms with E-state index >= 15 is 0 Å². The van der Waals surface area contributed by atoms with Crippen molar-refractivity contribution in [2.75, 3.05) is 38.0 Å². The molecule has 0 atom stereocenters. The quantitative estimate of drug-likeness (QED) is 0.737. The third-order valence-corrected chi connectivity index (χ3v) is 4.14. The van der Waals surface area contributed by atoms with Crippen LogP contribution in [0.25, 0.3) is 0 Å². The van der Waals surface area contributed by atoms with Gasteiger partial charge >= 0.3 is 0 Å². The van der Waals surface area contributed by atoms with Gasteiger partial charge in [0.25, 0.3) is 0 Å². The summed E-state index contributed by atoms with van der Waals surface area (Å²) in [6.07, 6.45) is 5.91. The Morgan fingerprint density at radius 2 is 1.21 bits per heavy atom. The summed E-state index contributed by atoms with van der Waals surface area (Å²) in [5.41, 5.74) is 5.23. The van der Waals surface area contributed by atoms with Gasteiger partial charge in [-0.3, -0.25) is 0 Å². The molecule has 0 aliphatic carbocycles. The van der Waals surface area contributed by atoms with Crippen molar-refractivity contribution in [2.45, 2.75) is 12.8 Å². The van der Waals surface area contributed by atoms with Gasteiger partial charge in [0, 0.05) is 45.5 Å². The van der Waals surface area contributed by atoms with E-state index in [0.717, 1.165) is 12.8 Å². The molecule has 0 spiro atoms. The predicted octanol–water partition coefficient (Wildman–Crippen LogP) is 4.57. The topological polar surface area (TPSA) is 6.48 Å². The lowest BCUT2D eigenvalue weighted by atomic mass is 9.90. The van der Waals surface area contributed by atoms with Gasteiger partial charge in [-0.05, 0) is 43.0 Å². The van der Waals surface area contributed by atoms with Gasteiger partial charge in [0.15, 0.2) is 0 Å². The molecule has 0 saturated heterocycles. The van der Waals surface area contributed by atoms with Crippen molar-refractivity contribution in [1.29, 1.82) is 0 Å². The van der Waals surface area contributed by atoms with E-state index in [1.807, 2.05) is 6.08 Å². The molecule has 2 radical (unpaired) electrons. The van der Waals surface area contributed by atoms with Crippen LogP contribution in [0.4, 0.5) is 11.4 Å². The smallest absolute Gasteiger partial charge is 0.0393 e. The largest absolute Gasteiger partial charge is 0.377 e. The fourth-order valence-corrected chi connectivity index (χ4v) is 3.03. The first-order chi connectivity index (χ1) is 11.5. The van der Waals surface area contributed by atoms with Crippen molar-refractivity contribution in [3.63, 3.8) is 0 Å². The van der Waals surface area contributed by atoms with Crippen LogP contribution in [0.1, 0.15) is 11.1 Å². The minimum absolute atomic E-state index is 0.933. The van der Waals surface area contributed by atoms with Gasteiger partial charge in [0.1, 0.15) is 0 Å². The first kappa shape index (κ1) is 18.1. The monoisotopic (exact) mass is 320 g/mol. The second-order valence-electron chi connectivity index (χ2n) is 6.46. The van der Waals surface area contributed by atoms with Crippen molar-refractivity contribution in [1.82, 2.24) is 0 Å². The molecule has 0 N–H and O–H groups in total. The molecule has 0 aliphatic rings. The normalized spacial score (nSPS) is 11.2. The lowest BCUT2D eigenvalue weighted by molar-refractivity contribution is 0.909. The Labute approximate surface area is 147 Å². The molecule has 0 aliphatic heterocycles. The predicted molar refractivity (Wildman–Crippen MR) is 107 cm³/mol. The Kier molecular flexibility index (Phi) is 6.48. The average molecular weight is 320 g/mol. The number of hydrogen-bond acceptors (Lipinski definition) is 2. The SMILES string of the molecule is [CH2]C=C[C](Cc1ccccc1N(C)C)Cc1ccccc1N(C)C. The Bertz CT molecular complexity index is 618. The average Bonchev–Trinajstić information content (AvgIpc) is 2.55. The fourth-order valence-electron chi connectivity index (χ4n) is 3.03. The van der Waals surface area contributed by atoms with Gasteiger partial charge in [-0.25, -0.2) is 0 Å². The number of anilines is 2. The van der Waals surface area contributed by atoms with Crippen LogP contribution >= 0.6 is 0 Å². The summed E-state index contributed by atoms with van der Waals surface area (Å²) in [6, 6.07) is 17.2. The van der Waals surface area contributed by atoms with E-state index in [1.165, 1.54) is 28.4 Å². The standard InChI is InChI=1S/C22H28N2/c1-6-11-18(16-19-12-7-9-14-21(19)23(2)3)17-20-13-8-10-15-22(20)24(4)5/h6-15H,1,16-17H2,2-5H3. The minimum Gasteiger partial charge on any atom is -0.377 e. The molecule has 2 aromatic rings. The molecule has 2 heteroatoms. The van der Waals surface area contributed by atoms with E-state index in [-0.39, 0.29) is 0 Å². The molecular weight excluding hydrogens is 292 g/mol. The Hall–Kier alpha value is -2.22. The lowest BCUT2D eigenvalue weighted by Crippen LogP contribution is -2.15. The van der Waals surface area contributed by atoms with Crippen LogP contribution in [0.2, 0.25) is 0 Å². The summed E-state index contributed by atoms with van der Waals surface area (Å²) in [5.74, 6) is 1.37. The summed E-state index contributed by atoms with van der Waals surface area (Å²) < 4.78 is 0. The molecule has 0 bridgehead atoms. The van der Waals surface area contributed by atoms with Crippen LogP contribution in [0, 0.1) is 12.8 Å². The van der Waals surface area contributed by atoms with Gasteiger partial charge in [0.2, 0.25) is 0 Å². The summed E-state index contributed by atoms with van der Waals surface area (Å²) in [6.45, 7) is 3.90. The molecule has 0 saturated carbocycles. The second-order valence-corrected chi connectivity index (χ2v) is 6.46. The van der Waals surface area contributed by atoms with Crippen molar-refractivity contribution in [3.8, 4) is 0 Å². The third kappa shape index (κ3) is 4.64. The molecule has 0 heterocycles. The molecule has 0 aromatic heterocycles. The van der Waals surface area contributed by atoms with E-state index in [4.69, 9.17) is 0 Å². The highest BCUT2D eigenvalue weighted by molar-refractivity contribution is 5.56. The molecule has 0 amide bonds. The van der Waals surface area contributed by atoms with Crippen molar-refractivity contribution >= 4 is 11.4 Å². The molecule has 0 fully saturated rings. The van der Waals surface area contributed by atoms with Crippen LogP contribution in [-0.2, 0) is 12.8 Å². The molecule has 126 valence electrons. The van der Waals surface area contributed by atoms with Crippen molar-refractivity contribution < 1.29 is 0 Å². The summed E-state index contributed by atoms with van der Waals surface area (Å²) in [4.78, 5) is 4.35. The van der Waals surface area contributed by atoms with Crippen LogP contribution < -0.4 is 9.80 Å². The molecular formula is C22H28N2. The maximum atomic E-state index is 3.90. The van der Waals surface area contributed by atoms with Gasteiger partial charge in [-0.2, -0.15) is 0 Å². The zero-order valence-corrected chi connectivity index (χ0v) is 15.3. The number of benzene rings is 2. The van der Waals surface area contributed by atoms with E-state index in [2.05, 4.69) is 99.5 Å². The molecule has 2 rings (SSSR count). The van der Waals surface area contributed by atoms with E-state index in [1.54, 1.807) is 0 Å². The molecule has 2 nitrogen and oxygen atoms in total. The van der Waals surface area contributed by atoms with Crippen molar-refractivity contribution in [3.05, 3.63) is 84.7 Å². The summed E-state index contributed by atoms with van der Waals surface area (Å²) in [5, 5.41) is 0. The zero-order chi connectivity index (χ0) is 17.5. The summed E-state index contributed by atoms with van der Waals surface area (Å²) in [7, 11) is 8.38. The maximum Gasteiger partial charge on any atom is 0.0393 e. The Balaban J connectivity index is 2.26. The van der Waals surface area contributed by atoms with Crippen LogP contribution in [-0.4, -0.2) is 28.2 Å². The van der Waals surface area contributed by atoms with Gasteiger partial charge in [-0.15, -0.1) is 0 Å². The third-order valence-electron chi connectivity index (χ3n) is 4.14. The molecule has 24 heavy (non-hydrogen) atoms. The minimum atomic E-state index is 0.933. The van der Waals surface area contributed by atoms with E-state index in [0.29, 0.717) is 0 Å². The lowest BCUT2D eigenvalue weighted by Gasteiger charge is -2.22. The van der Waals surface area contributed by atoms with E-state index in [9.17, 15) is 0 Å². The number of allylic oxidation sites excluding steroid dienone is 2. The summed E-state index contributed by atoms with van der Waals surface area (Å²) >= 11 is 0. The fraction of sp³-hybridized carbons (Fsp3) is 0.273. The highest BCUT2D eigenvalue weighted by atomic mass is 15.1. The number of hydrogen-bond donors (Lipinski definition) is 0. The second kappa shape index (κ2) is 8.58. The first-order valence-corrected chi connectivity index (χ1v) is 8.34. The number of nitrogens with zero attached hydrogens (tertiary/aromatic N) is 2. The highest BCUT2D eigenvalue weighted by Crippen LogP contribution is 2.28. The maximum absolute atomic E-state index is 3.90. The van der Waals surface area contributed by atoms with Gasteiger partial charge in [-0.1, -0.05) is 48.6 Å². The number of rotatable bonds is 7. The number of para-hydroxylation sites is 2. The molecule has 2 aromatic carbocycles. The molecule has 0 unspecified atom stereocenters. The van der Waals surface area contributed by atoms with Crippen molar-refractivity contribution in [2.24, 2.45) is 0 Å². The highest BCUT2D eigenvalue weighted by Gasteiger charge is 2.14. The van der Waals surface area contributed by atoms with Crippen LogP contribution in [0.5, 0.6) is 0 Å².